The lowest BCUT2D eigenvalue weighted by Crippen LogP contribution is -2.47. The Kier molecular flexibility index (Phi) is 2.37. The first-order valence-corrected chi connectivity index (χ1v) is 4.57. The Balaban J connectivity index is 2.24. The van der Waals surface area contributed by atoms with Gasteiger partial charge in [0.1, 0.15) is 11.8 Å². The van der Waals surface area contributed by atoms with Crippen LogP contribution in [-0.4, -0.2) is 24.1 Å². The molecule has 0 bridgehead atoms. The lowest BCUT2D eigenvalue weighted by atomic mass is 10.0. The Labute approximate surface area is 81.9 Å². The number of nitrogens with one attached hydrogen (secondary N) is 2. The predicted molar refractivity (Wildman–Crippen MR) is 51.9 cm³/mol. The monoisotopic (exact) mass is 192 g/mol. The van der Waals surface area contributed by atoms with Gasteiger partial charge in [-0.15, -0.1) is 0 Å². The number of benzene rings is 1. The van der Waals surface area contributed by atoms with Crippen LogP contribution >= 0.6 is 0 Å². The normalized spacial score (nSPS) is 21.7. The zero-order valence-corrected chi connectivity index (χ0v) is 7.66. The number of piperazine rings is 1. The maximum atomic E-state index is 11.5. The molecule has 1 saturated heterocycles. The van der Waals surface area contributed by atoms with Crippen molar-refractivity contribution in [3.05, 3.63) is 29.8 Å². The summed E-state index contributed by atoms with van der Waals surface area (Å²) < 4.78 is 0. The van der Waals surface area contributed by atoms with Crippen LogP contribution in [0.1, 0.15) is 11.6 Å². The highest BCUT2D eigenvalue weighted by atomic mass is 16.3. The summed E-state index contributed by atoms with van der Waals surface area (Å²) in [6, 6.07) is 6.40. The van der Waals surface area contributed by atoms with Gasteiger partial charge in [0.2, 0.25) is 5.91 Å². The minimum absolute atomic E-state index is 0.0400. The van der Waals surface area contributed by atoms with E-state index in [2.05, 4.69) is 10.6 Å². The quantitative estimate of drug-likeness (QED) is 0.593. The number of hydrogen-bond acceptors (Lipinski definition) is 3. The van der Waals surface area contributed by atoms with E-state index in [0.29, 0.717) is 6.54 Å². The van der Waals surface area contributed by atoms with Gasteiger partial charge in [-0.3, -0.25) is 4.79 Å². The second-order valence-electron chi connectivity index (χ2n) is 3.27. The summed E-state index contributed by atoms with van der Waals surface area (Å²) >= 11 is 0. The highest BCUT2D eigenvalue weighted by molar-refractivity contribution is 5.83. The largest absolute Gasteiger partial charge is 0.508 e. The van der Waals surface area contributed by atoms with Crippen molar-refractivity contribution < 1.29 is 9.90 Å². The molecule has 0 radical (unpaired) electrons. The molecule has 4 nitrogen and oxygen atoms in total. The summed E-state index contributed by atoms with van der Waals surface area (Å²) in [4.78, 5) is 11.5. The van der Waals surface area contributed by atoms with E-state index >= 15 is 0 Å². The Morgan fingerprint density at radius 2 is 2.21 bits per heavy atom. The molecule has 1 aromatic rings. The van der Waals surface area contributed by atoms with Crippen LogP contribution in [0.5, 0.6) is 5.75 Å². The fourth-order valence-corrected chi connectivity index (χ4v) is 1.57. The van der Waals surface area contributed by atoms with Gasteiger partial charge in [-0.05, 0) is 17.7 Å². The van der Waals surface area contributed by atoms with Crippen LogP contribution in [0.2, 0.25) is 0 Å². The average Bonchev–Trinajstić information content (AvgIpc) is 2.18. The molecule has 1 unspecified atom stereocenters. The van der Waals surface area contributed by atoms with Crippen molar-refractivity contribution in [2.24, 2.45) is 0 Å². The minimum Gasteiger partial charge on any atom is -0.508 e. The lowest BCUT2D eigenvalue weighted by Gasteiger charge is -2.23. The lowest BCUT2D eigenvalue weighted by molar-refractivity contribution is -0.124. The Morgan fingerprint density at radius 3 is 2.93 bits per heavy atom. The molecule has 1 atom stereocenters. The molecule has 4 heteroatoms. The average molecular weight is 192 g/mol. The van der Waals surface area contributed by atoms with Gasteiger partial charge in [0.25, 0.3) is 0 Å². The number of aromatic hydroxyl groups is 1. The second-order valence-corrected chi connectivity index (χ2v) is 3.27. The molecule has 74 valence electrons. The third-order valence-corrected chi connectivity index (χ3v) is 2.24. The molecule has 1 aliphatic heterocycles. The predicted octanol–water partition coefficient (Wildman–Crippen LogP) is 0.153. The first kappa shape index (κ1) is 9.02. The Morgan fingerprint density at radius 1 is 1.36 bits per heavy atom. The van der Waals surface area contributed by atoms with Gasteiger partial charge in [-0.1, -0.05) is 12.1 Å². The van der Waals surface area contributed by atoms with E-state index in [0.717, 1.165) is 12.1 Å². The van der Waals surface area contributed by atoms with E-state index in [9.17, 15) is 9.90 Å². The molecule has 1 amide bonds. The molecule has 14 heavy (non-hydrogen) atoms. The van der Waals surface area contributed by atoms with Gasteiger partial charge >= 0.3 is 0 Å². The zero-order chi connectivity index (χ0) is 9.97. The maximum Gasteiger partial charge on any atom is 0.241 e. The SMILES string of the molecule is O=C1NCCNC1c1cccc(O)c1. The van der Waals surface area contributed by atoms with Crippen molar-refractivity contribution in [3.63, 3.8) is 0 Å². The van der Waals surface area contributed by atoms with Crippen LogP contribution < -0.4 is 10.6 Å². The molecular weight excluding hydrogens is 180 g/mol. The molecule has 2 rings (SSSR count). The van der Waals surface area contributed by atoms with Crippen LogP contribution in [-0.2, 0) is 4.79 Å². The molecule has 0 spiro atoms. The highest BCUT2D eigenvalue weighted by Crippen LogP contribution is 2.19. The summed E-state index contributed by atoms with van der Waals surface area (Å²) in [6.45, 7) is 1.42. The smallest absolute Gasteiger partial charge is 0.241 e. The number of rotatable bonds is 1. The first-order chi connectivity index (χ1) is 6.77. The number of phenols is 1. The summed E-state index contributed by atoms with van der Waals surface area (Å²) in [6.07, 6.45) is 0. The van der Waals surface area contributed by atoms with E-state index in [1.54, 1.807) is 18.2 Å². The fourth-order valence-electron chi connectivity index (χ4n) is 1.57. The molecule has 0 aliphatic carbocycles. The molecule has 1 aromatic carbocycles. The second kappa shape index (κ2) is 3.67. The first-order valence-electron chi connectivity index (χ1n) is 4.57. The van der Waals surface area contributed by atoms with Gasteiger partial charge < -0.3 is 15.7 Å². The summed E-state index contributed by atoms with van der Waals surface area (Å²) in [5.41, 5.74) is 0.794. The van der Waals surface area contributed by atoms with Crippen molar-refractivity contribution >= 4 is 5.91 Å². The standard InChI is InChI=1S/C10H12N2O2/c13-8-3-1-2-7(6-8)9-10(14)12-5-4-11-9/h1-3,6,9,11,13H,4-5H2,(H,12,14). The van der Waals surface area contributed by atoms with E-state index in [-0.39, 0.29) is 17.7 Å². The van der Waals surface area contributed by atoms with Gasteiger partial charge in [0.05, 0.1) is 0 Å². The summed E-state index contributed by atoms with van der Waals surface area (Å²) in [5, 5.41) is 15.1. The number of phenolic OH excluding ortho intramolecular Hbond substituents is 1. The van der Waals surface area contributed by atoms with E-state index < -0.39 is 0 Å². The summed E-state index contributed by atoms with van der Waals surface area (Å²) in [5.74, 6) is 0.143. The van der Waals surface area contributed by atoms with Crippen molar-refractivity contribution in [3.8, 4) is 5.75 Å². The topological polar surface area (TPSA) is 61.4 Å². The minimum atomic E-state index is -0.337. The van der Waals surface area contributed by atoms with Crippen LogP contribution in [0.15, 0.2) is 24.3 Å². The number of carbonyl (C=O) groups is 1. The number of amides is 1. The maximum absolute atomic E-state index is 11.5. The van der Waals surface area contributed by atoms with Crippen molar-refractivity contribution in [1.29, 1.82) is 0 Å². The van der Waals surface area contributed by atoms with Crippen LogP contribution in [0, 0.1) is 0 Å². The number of hydrogen-bond donors (Lipinski definition) is 3. The third-order valence-electron chi connectivity index (χ3n) is 2.24. The molecule has 1 fully saturated rings. The Hall–Kier alpha value is -1.55. The molecule has 1 heterocycles. The van der Waals surface area contributed by atoms with Gasteiger partial charge in [0, 0.05) is 13.1 Å². The molecule has 0 saturated carbocycles. The molecular formula is C10H12N2O2. The van der Waals surface area contributed by atoms with E-state index in [1.165, 1.54) is 0 Å². The van der Waals surface area contributed by atoms with Gasteiger partial charge in [0.15, 0.2) is 0 Å². The Bertz CT molecular complexity index is 352. The summed E-state index contributed by atoms with van der Waals surface area (Å²) in [7, 11) is 0. The van der Waals surface area contributed by atoms with Crippen molar-refractivity contribution in [2.75, 3.05) is 13.1 Å². The van der Waals surface area contributed by atoms with Gasteiger partial charge in [-0.2, -0.15) is 0 Å². The van der Waals surface area contributed by atoms with Crippen LogP contribution in [0.25, 0.3) is 0 Å². The van der Waals surface area contributed by atoms with E-state index in [1.807, 2.05) is 6.07 Å². The molecule has 0 aromatic heterocycles. The van der Waals surface area contributed by atoms with E-state index in [4.69, 9.17) is 0 Å². The van der Waals surface area contributed by atoms with Crippen molar-refractivity contribution in [1.82, 2.24) is 10.6 Å². The highest BCUT2D eigenvalue weighted by Gasteiger charge is 2.22. The zero-order valence-electron chi connectivity index (χ0n) is 7.66. The molecule has 3 N–H and O–H groups in total. The van der Waals surface area contributed by atoms with Crippen molar-refractivity contribution in [2.45, 2.75) is 6.04 Å². The third kappa shape index (κ3) is 1.70. The number of carbonyl (C=O) groups excluding carboxylic acids is 1. The van der Waals surface area contributed by atoms with Crippen LogP contribution in [0.4, 0.5) is 0 Å². The van der Waals surface area contributed by atoms with Gasteiger partial charge in [-0.25, -0.2) is 0 Å². The van der Waals surface area contributed by atoms with Crippen LogP contribution in [0.3, 0.4) is 0 Å². The molecule has 1 aliphatic rings. The fraction of sp³-hybridized carbons (Fsp3) is 0.300.